The number of nitrogens with two attached hydrogens (primary N) is 1. The van der Waals surface area contributed by atoms with Crippen molar-refractivity contribution in [3.8, 4) is 0 Å². The Balaban J connectivity index is 3.91. The summed E-state index contributed by atoms with van der Waals surface area (Å²) in [6.45, 7) is 6.21. The predicted octanol–water partition coefficient (Wildman–Crippen LogP) is 1.47. The number of hydrogen-bond acceptors (Lipinski definition) is 2. The first-order valence-electron chi connectivity index (χ1n) is 4.46. The van der Waals surface area contributed by atoms with Gasteiger partial charge in [0.25, 0.3) is 0 Å². The lowest BCUT2D eigenvalue weighted by Crippen LogP contribution is -2.34. The van der Waals surface area contributed by atoms with Gasteiger partial charge in [-0.25, -0.2) is 0 Å². The average molecular weight is 173 g/mol. The van der Waals surface area contributed by atoms with E-state index in [0.29, 0.717) is 5.92 Å². The summed E-state index contributed by atoms with van der Waals surface area (Å²) in [6, 6.07) is -0.211. The third kappa shape index (κ3) is 3.72. The van der Waals surface area contributed by atoms with Crippen molar-refractivity contribution >= 4 is 5.97 Å². The van der Waals surface area contributed by atoms with Gasteiger partial charge in [-0.3, -0.25) is 4.79 Å². The Labute approximate surface area is 74.0 Å². The second-order valence-corrected chi connectivity index (χ2v) is 3.51. The summed E-state index contributed by atoms with van der Waals surface area (Å²) in [6.07, 6.45) is 1.12. The summed E-state index contributed by atoms with van der Waals surface area (Å²) in [4.78, 5) is 10.3. The summed E-state index contributed by atoms with van der Waals surface area (Å²) in [5.74, 6) is -0.0249. The summed E-state index contributed by atoms with van der Waals surface area (Å²) < 4.78 is 0. The van der Waals surface area contributed by atoms with Crippen LogP contribution in [0.25, 0.3) is 0 Å². The highest BCUT2D eigenvalue weighted by Gasteiger charge is 2.20. The van der Waals surface area contributed by atoms with E-state index in [9.17, 15) is 4.79 Å². The molecule has 0 aliphatic heterocycles. The van der Waals surface area contributed by atoms with Gasteiger partial charge in [0.05, 0.1) is 6.42 Å². The topological polar surface area (TPSA) is 63.3 Å². The van der Waals surface area contributed by atoms with Gasteiger partial charge in [-0.1, -0.05) is 27.2 Å². The molecular weight excluding hydrogens is 154 g/mol. The molecule has 0 saturated carbocycles. The van der Waals surface area contributed by atoms with Crippen LogP contribution in [0.5, 0.6) is 0 Å². The highest BCUT2D eigenvalue weighted by molar-refractivity contribution is 5.67. The Morgan fingerprint density at radius 2 is 2.00 bits per heavy atom. The maximum Gasteiger partial charge on any atom is 0.304 e. The van der Waals surface area contributed by atoms with Crippen LogP contribution in [-0.4, -0.2) is 17.1 Å². The van der Waals surface area contributed by atoms with E-state index in [4.69, 9.17) is 10.8 Å². The lowest BCUT2D eigenvalue weighted by atomic mass is 9.86. The van der Waals surface area contributed by atoms with Crippen LogP contribution in [-0.2, 0) is 4.79 Å². The third-order valence-corrected chi connectivity index (χ3v) is 2.63. The molecule has 0 aliphatic rings. The molecule has 0 heterocycles. The van der Waals surface area contributed by atoms with Crippen molar-refractivity contribution in [1.82, 2.24) is 0 Å². The molecule has 0 fully saturated rings. The number of hydrogen-bond donors (Lipinski definition) is 2. The molecule has 0 radical (unpaired) electrons. The molecule has 0 amide bonds. The van der Waals surface area contributed by atoms with Crippen molar-refractivity contribution in [2.45, 2.75) is 39.7 Å². The molecule has 0 rings (SSSR count). The van der Waals surface area contributed by atoms with Gasteiger partial charge in [0.2, 0.25) is 0 Å². The minimum atomic E-state index is -0.808. The molecule has 0 unspecified atom stereocenters. The molecular formula is C9H19NO2. The summed E-state index contributed by atoms with van der Waals surface area (Å²) in [5, 5.41) is 8.51. The van der Waals surface area contributed by atoms with E-state index in [1.807, 2.05) is 6.92 Å². The monoisotopic (exact) mass is 173 g/mol. The molecule has 3 N–H and O–H groups in total. The summed E-state index contributed by atoms with van der Waals surface area (Å²) >= 11 is 0. The first kappa shape index (κ1) is 11.4. The molecule has 3 atom stereocenters. The number of rotatable bonds is 5. The average Bonchev–Trinajstić information content (AvgIpc) is 2.00. The Kier molecular flexibility index (Phi) is 4.90. The maximum atomic E-state index is 10.3. The molecule has 0 spiro atoms. The van der Waals surface area contributed by atoms with Crippen LogP contribution < -0.4 is 5.73 Å². The highest BCUT2D eigenvalue weighted by Crippen LogP contribution is 2.18. The molecule has 3 heteroatoms. The predicted molar refractivity (Wildman–Crippen MR) is 48.8 cm³/mol. The zero-order chi connectivity index (χ0) is 9.72. The number of aliphatic carboxylic acids is 1. The molecule has 12 heavy (non-hydrogen) atoms. The number of carboxylic acids is 1. The Bertz CT molecular complexity index is 147. The molecule has 3 nitrogen and oxygen atoms in total. The van der Waals surface area contributed by atoms with E-state index in [-0.39, 0.29) is 18.4 Å². The van der Waals surface area contributed by atoms with E-state index in [2.05, 4.69) is 13.8 Å². The first-order chi connectivity index (χ1) is 5.49. The van der Waals surface area contributed by atoms with Crippen LogP contribution in [0.15, 0.2) is 0 Å². The van der Waals surface area contributed by atoms with Crippen LogP contribution >= 0.6 is 0 Å². The first-order valence-corrected chi connectivity index (χ1v) is 4.46. The Hall–Kier alpha value is -0.570. The van der Waals surface area contributed by atoms with Crippen molar-refractivity contribution in [3.05, 3.63) is 0 Å². The van der Waals surface area contributed by atoms with E-state index >= 15 is 0 Å². The van der Waals surface area contributed by atoms with Crippen molar-refractivity contribution in [1.29, 1.82) is 0 Å². The second kappa shape index (κ2) is 5.14. The SMILES string of the molecule is CC[C@@H](C)[C@H](C)[C@H](N)CC(=O)O. The standard InChI is InChI=1S/C9H19NO2/c1-4-6(2)7(3)8(10)5-9(11)12/h6-8H,4-5,10H2,1-3H3,(H,11,12)/t6-,7+,8-/m1/s1. The zero-order valence-electron chi connectivity index (χ0n) is 8.08. The maximum absolute atomic E-state index is 10.3. The minimum Gasteiger partial charge on any atom is -0.481 e. The van der Waals surface area contributed by atoms with Gasteiger partial charge in [-0.2, -0.15) is 0 Å². The van der Waals surface area contributed by atoms with Gasteiger partial charge in [-0.05, 0) is 11.8 Å². The minimum absolute atomic E-state index is 0.0749. The van der Waals surface area contributed by atoms with Gasteiger partial charge in [0.1, 0.15) is 0 Å². The van der Waals surface area contributed by atoms with Crippen LogP contribution in [0.2, 0.25) is 0 Å². The summed E-state index contributed by atoms with van der Waals surface area (Å²) in [5.41, 5.74) is 5.71. The van der Waals surface area contributed by atoms with Gasteiger partial charge in [0.15, 0.2) is 0 Å². The molecule has 0 bridgehead atoms. The van der Waals surface area contributed by atoms with E-state index in [1.165, 1.54) is 0 Å². The van der Waals surface area contributed by atoms with Crippen LogP contribution in [0.3, 0.4) is 0 Å². The van der Waals surface area contributed by atoms with Crippen LogP contribution in [0.4, 0.5) is 0 Å². The smallest absolute Gasteiger partial charge is 0.304 e. The number of carbonyl (C=O) groups is 1. The fourth-order valence-corrected chi connectivity index (χ4v) is 1.18. The van der Waals surface area contributed by atoms with Gasteiger partial charge < -0.3 is 10.8 Å². The zero-order valence-corrected chi connectivity index (χ0v) is 8.08. The molecule has 0 aromatic heterocycles. The lowest BCUT2D eigenvalue weighted by molar-refractivity contribution is -0.137. The molecule has 72 valence electrons. The van der Waals surface area contributed by atoms with Gasteiger partial charge >= 0.3 is 5.97 Å². The second-order valence-electron chi connectivity index (χ2n) is 3.51. The van der Waals surface area contributed by atoms with Crippen molar-refractivity contribution in [2.24, 2.45) is 17.6 Å². The Morgan fingerprint density at radius 1 is 1.50 bits per heavy atom. The lowest BCUT2D eigenvalue weighted by Gasteiger charge is -2.23. The summed E-state index contributed by atoms with van der Waals surface area (Å²) in [7, 11) is 0. The highest BCUT2D eigenvalue weighted by atomic mass is 16.4. The fourth-order valence-electron chi connectivity index (χ4n) is 1.18. The Morgan fingerprint density at radius 3 is 2.33 bits per heavy atom. The quantitative estimate of drug-likeness (QED) is 0.661. The van der Waals surface area contributed by atoms with Gasteiger partial charge in [-0.15, -0.1) is 0 Å². The van der Waals surface area contributed by atoms with Crippen molar-refractivity contribution in [3.63, 3.8) is 0 Å². The molecule has 0 aliphatic carbocycles. The van der Waals surface area contributed by atoms with Gasteiger partial charge in [0, 0.05) is 6.04 Å². The van der Waals surface area contributed by atoms with Crippen molar-refractivity contribution < 1.29 is 9.90 Å². The third-order valence-electron chi connectivity index (χ3n) is 2.63. The molecule has 0 saturated heterocycles. The van der Waals surface area contributed by atoms with Crippen LogP contribution in [0.1, 0.15) is 33.6 Å². The largest absolute Gasteiger partial charge is 0.481 e. The molecule has 0 aromatic carbocycles. The van der Waals surface area contributed by atoms with E-state index in [1.54, 1.807) is 0 Å². The van der Waals surface area contributed by atoms with Crippen LogP contribution in [0, 0.1) is 11.8 Å². The number of carboxylic acid groups (broad SMARTS) is 1. The fraction of sp³-hybridized carbons (Fsp3) is 0.889. The normalized spacial score (nSPS) is 18.3. The van der Waals surface area contributed by atoms with Crippen molar-refractivity contribution in [2.75, 3.05) is 0 Å². The molecule has 0 aromatic rings. The van der Waals surface area contributed by atoms with E-state index in [0.717, 1.165) is 6.42 Å². The van der Waals surface area contributed by atoms with E-state index < -0.39 is 5.97 Å².